The van der Waals surface area contributed by atoms with E-state index in [4.69, 9.17) is 0 Å². The summed E-state index contributed by atoms with van der Waals surface area (Å²) < 4.78 is 1.91. The molecule has 0 bridgehead atoms. The maximum Gasteiger partial charge on any atom is 0.169 e. The van der Waals surface area contributed by atoms with Crippen LogP contribution < -0.4 is 5.32 Å². The molecule has 5 heteroatoms. The molecule has 0 amide bonds. The fraction of sp³-hybridized carbons (Fsp3) is 0.267. The quantitative estimate of drug-likeness (QED) is 0.791. The zero-order chi connectivity index (χ0) is 13.5. The van der Waals surface area contributed by atoms with Gasteiger partial charge in [-0.3, -0.25) is 4.40 Å². The fourth-order valence-electron chi connectivity index (χ4n) is 2.37. The minimum absolute atomic E-state index is 0.557. The van der Waals surface area contributed by atoms with Crippen molar-refractivity contribution in [3.05, 3.63) is 42.7 Å². The molecule has 0 unspecified atom stereocenters. The lowest BCUT2D eigenvalue weighted by atomic mass is 10.2. The molecular weight excluding hydrogens is 250 g/mol. The summed E-state index contributed by atoms with van der Waals surface area (Å²) in [5.74, 6) is 2.43. The summed E-state index contributed by atoms with van der Waals surface area (Å²) in [7, 11) is 0. The monoisotopic (exact) mass is 265 g/mol. The lowest BCUT2D eigenvalue weighted by Crippen LogP contribution is -2.06. The van der Waals surface area contributed by atoms with Crippen molar-refractivity contribution in [1.82, 2.24) is 19.6 Å². The Morgan fingerprint density at radius 3 is 2.75 bits per heavy atom. The highest BCUT2D eigenvalue weighted by Gasteiger charge is 2.32. The van der Waals surface area contributed by atoms with Crippen LogP contribution in [-0.2, 0) is 0 Å². The van der Waals surface area contributed by atoms with Crippen molar-refractivity contribution in [2.75, 3.05) is 5.32 Å². The predicted molar refractivity (Wildman–Crippen MR) is 77.4 cm³/mol. The van der Waals surface area contributed by atoms with Gasteiger partial charge in [0.25, 0.3) is 0 Å². The molecule has 1 fully saturated rings. The molecule has 1 N–H and O–H groups in total. The highest BCUT2D eigenvalue weighted by Crippen LogP contribution is 2.32. The van der Waals surface area contributed by atoms with E-state index < -0.39 is 0 Å². The maximum atomic E-state index is 4.45. The Morgan fingerprint density at radius 1 is 1.20 bits per heavy atom. The molecule has 2 heterocycles. The second-order valence-electron chi connectivity index (χ2n) is 5.36. The summed E-state index contributed by atoms with van der Waals surface area (Å²) in [6.45, 7) is 2.24. The summed E-state index contributed by atoms with van der Waals surface area (Å²) >= 11 is 0. The Labute approximate surface area is 116 Å². The number of benzene rings is 1. The van der Waals surface area contributed by atoms with Crippen molar-refractivity contribution in [2.45, 2.75) is 19.4 Å². The van der Waals surface area contributed by atoms with Crippen molar-refractivity contribution >= 4 is 11.5 Å². The average molecular weight is 265 g/mol. The zero-order valence-electron chi connectivity index (χ0n) is 11.2. The number of fused-ring (bicyclic) bond motifs is 1. The average Bonchev–Trinajstić information content (AvgIpc) is 3.01. The van der Waals surface area contributed by atoms with Gasteiger partial charge in [-0.25, -0.2) is 4.98 Å². The van der Waals surface area contributed by atoms with Gasteiger partial charge in [-0.1, -0.05) is 37.3 Å². The highest BCUT2D eigenvalue weighted by molar-refractivity contribution is 5.61. The van der Waals surface area contributed by atoms with Crippen LogP contribution in [0, 0.1) is 5.92 Å². The van der Waals surface area contributed by atoms with Gasteiger partial charge >= 0.3 is 0 Å². The third kappa shape index (κ3) is 1.91. The second kappa shape index (κ2) is 4.30. The molecular formula is C15H15N5. The van der Waals surface area contributed by atoms with Crippen LogP contribution in [-0.4, -0.2) is 25.6 Å². The Bertz CT molecular complexity index is 749. The van der Waals surface area contributed by atoms with Crippen molar-refractivity contribution in [1.29, 1.82) is 0 Å². The lowest BCUT2D eigenvalue weighted by molar-refractivity contribution is 0.920. The first-order valence-electron chi connectivity index (χ1n) is 6.84. The number of rotatable bonds is 3. The van der Waals surface area contributed by atoms with E-state index in [1.54, 1.807) is 6.33 Å². The van der Waals surface area contributed by atoms with E-state index >= 15 is 0 Å². The summed E-state index contributed by atoms with van der Waals surface area (Å²) in [6.07, 6.45) is 3.00. The lowest BCUT2D eigenvalue weighted by Gasteiger charge is -2.04. The summed E-state index contributed by atoms with van der Waals surface area (Å²) in [5.41, 5.74) is 1.85. The van der Waals surface area contributed by atoms with Gasteiger partial charge in [0.05, 0.1) is 0 Å². The molecule has 4 rings (SSSR count). The second-order valence-corrected chi connectivity index (χ2v) is 5.36. The molecule has 2 aromatic heterocycles. The topological polar surface area (TPSA) is 55.1 Å². The molecule has 1 aromatic carbocycles. The molecule has 0 saturated heterocycles. The van der Waals surface area contributed by atoms with Crippen LogP contribution in [0.2, 0.25) is 0 Å². The van der Waals surface area contributed by atoms with Crippen LogP contribution in [0.15, 0.2) is 42.7 Å². The largest absolute Gasteiger partial charge is 0.367 e. The van der Waals surface area contributed by atoms with Gasteiger partial charge in [-0.2, -0.15) is 0 Å². The first kappa shape index (κ1) is 11.4. The van der Waals surface area contributed by atoms with E-state index in [9.17, 15) is 0 Å². The minimum atomic E-state index is 0.557. The number of hydrogen-bond donors (Lipinski definition) is 1. The SMILES string of the molecule is C[C@H]1C[C@@H]1Nc1cc2nnc(-c3ccccc3)n2cn1. The van der Waals surface area contributed by atoms with Gasteiger partial charge in [-0.05, 0) is 12.3 Å². The van der Waals surface area contributed by atoms with Crippen molar-refractivity contribution in [3.63, 3.8) is 0 Å². The number of anilines is 1. The summed E-state index contributed by atoms with van der Waals surface area (Å²) in [6, 6.07) is 12.5. The Morgan fingerprint density at radius 2 is 2.00 bits per heavy atom. The van der Waals surface area contributed by atoms with E-state index in [1.807, 2.05) is 40.8 Å². The van der Waals surface area contributed by atoms with Crippen molar-refractivity contribution < 1.29 is 0 Å². The van der Waals surface area contributed by atoms with Crippen LogP contribution in [0.4, 0.5) is 5.82 Å². The molecule has 0 aliphatic heterocycles. The van der Waals surface area contributed by atoms with E-state index in [1.165, 1.54) is 6.42 Å². The van der Waals surface area contributed by atoms with Gasteiger partial charge in [0.15, 0.2) is 11.5 Å². The number of hydrogen-bond acceptors (Lipinski definition) is 4. The molecule has 1 aliphatic carbocycles. The molecule has 0 radical (unpaired) electrons. The first-order chi connectivity index (χ1) is 9.81. The van der Waals surface area contributed by atoms with Crippen LogP contribution in [0.5, 0.6) is 0 Å². The molecule has 1 aliphatic rings. The van der Waals surface area contributed by atoms with E-state index in [-0.39, 0.29) is 0 Å². The smallest absolute Gasteiger partial charge is 0.169 e. The van der Waals surface area contributed by atoms with Crippen molar-refractivity contribution in [3.8, 4) is 11.4 Å². The van der Waals surface area contributed by atoms with Crippen LogP contribution in [0.3, 0.4) is 0 Å². The van der Waals surface area contributed by atoms with Crippen LogP contribution in [0.25, 0.3) is 17.0 Å². The van der Waals surface area contributed by atoms with E-state index in [0.717, 1.165) is 28.8 Å². The molecule has 2 atom stereocenters. The Hall–Kier alpha value is -2.43. The predicted octanol–water partition coefficient (Wildman–Crippen LogP) is 2.61. The Balaban J connectivity index is 1.71. The number of nitrogens with zero attached hydrogens (tertiary/aromatic N) is 4. The number of nitrogens with one attached hydrogen (secondary N) is 1. The summed E-state index contributed by atoms with van der Waals surface area (Å²) in [5, 5.41) is 11.9. The van der Waals surface area contributed by atoms with Gasteiger partial charge in [0.1, 0.15) is 12.1 Å². The summed E-state index contributed by atoms with van der Waals surface area (Å²) in [4.78, 5) is 4.45. The molecule has 3 aromatic rings. The standard InChI is InChI=1S/C15H15N5/c1-10-7-12(10)17-13-8-14-18-19-15(20(14)9-16-13)11-5-3-2-4-6-11/h2-6,8-10,12,17H,7H2,1H3/t10-,12-/m0/s1. The minimum Gasteiger partial charge on any atom is -0.367 e. The molecule has 100 valence electrons. The van der Waals surface area contributed by atoms with Crippen LogP contribution in [0.1, 0.15) is 13.3 Å². The normalized spacial score (nSPS) is 21.1. The number of aromatic nitrogens is 4. The van der Waals surface area contributed by atoms with Crippen LogP contribution >= 0.6 is 0 Å². The maximum absolute atomic E-state index is 4.45. The van der Waals surface area contributed by atoms with Crippen molar-refractivity contribution in [2.24, 2.45) is 5.92 Å². The third-order valence-corrected chi connectivity index (χ3v) is 3.78. The Kier molecular flexibility index (Phi) is 2.45. The third-order valence-electron chi connectivity index (χ3n) is 3.78. The van der Waals surface area contributed by atoms with Gasteiger partial charge in [-0.15, -0.1) is 10.2 Å². The molecule has 5 nitrogen and oxygen atoms in total. The highest BCUT2D eigenvalue weighted by atomic mass is 15.3. The van der Waals surface area contributed by atoms with E-state index in [2.05, 4.69) is 27.4 Å². The van der Waals surface area contributed by atoms with Gasteiger partial charge < -0.3 is 5.32 Å². The van der Waals surface area contributed by atoms with E-state index in [0.29, 0.717) is 6.04 Å². The first-order valence-corrected chi connectivity index (χ1v) is 6.84. The molecule has 0 spiro atoms. The van der Waals surface area contributed by atoms with Gasteiger partial charge in [0, 0.05) is 17.7 Å². The fourth-order valence-corrected chi connectivity index (χ4v) is 2.37. The van der Waals surface area contributed by atoms with Gasteiger partial charge in [0.2, 0.25) is 0 Å². The molecule has 20 heavy (non-hydrogen) atoms. The zero-order valence-corrected chi connectivity index (χ0v) is 11.2. The molecule has 1 saturated carbocycles.